The molecule has 0 aliphatic heterocycles. The number of aromatic nitrogens is 1. The molecule has 0 saturated carbocycles. The standard InChI is InChI=1S/C12H22N2OS/c1-3-4-6-15-7-5-11(13)8-12-14-10(2)9-16-12/h9,11H,3-8,13H2,1-2H3. The topological polar surface area (TPSA) is 48.1 Å². The van der Waals surface area contributed by atoms with Crippen molar-refractivity contribution in [2.75, 3.05) is 13.2 Å². The first-order valence-corrected chi connectivity index (χ1v) is 6.84. The summed E-state index contributed by atoms with van der Waals surface area (Å²) in [7, 11) is 0. The van der Waals surface area contributed by atoms with Crippen LogP contribution in [0.2, 0.25) is 0 Å². The Balaban J connectivity index is 2.09. The minimum atomic E-state index is 0.173. The predicted octanol–water partition coefficient (Wildman–Crippen LogP) is 2.53. The van der Waals surface area contributed by atoms with Crippen molar-refractivity contribution in [3.63, 3.8) is 0 Å². The normalized spacial score (nSPS) is 12.9. The van der Waals surface area contributed by atoms with Crippen LogP contribution in [0.5, 0.6) is 0 Å². The van der Waals surface area contributed by atoms with E-state index in [9.17, 15) is 0 Å². The fraction of sp³-hybridized carbons (Fsp3) is 0.750. The van der Waals surface area contributed by atoms with Crippen molar-refractivity contribution in [1.29, 1.82) is 0 Å². The minimum absolute atomic E-state index is 0.173. The van der Waals surface area contributed by atoms with Crippen LogP contribution in [0, 0.1) is 6.92 Å². The summed E-state index contributed by atoms with van der Waals surface area (Å²) in [6.07, 6.45) is 4.11. The zero-order valence-electron chi connectivity index (χ0n) is 10.2. The summed E-state index contributed by atoms with van der Waals surface area (Å²) in [5.41, 5.74) is 7.11. The molecule has 16 heavy (non-hydrogen) atoms. The highest BCUT2D eigenvalue weighted by molar-refractivity contribution is 7.09. The van der Waals surface area contributed by atoms with Gasteiger partial charge >= 0.3 is 0 Å². The quantitative estimate of drug-likeness (QED) is 0.713. The highest BCUT2D eigenvalue weighted by Gasteiger charge is 2.06. The van der Waals surface area contributed by atoms with Gasteiger partial charge in [0, 0.05) is 36.8 Å². The van der Waals surface area contributed by atoms with Crippen LogP contribution in [0.15, 0.2) is 5.38 Å². The van der Waals surface area contributed by atoms with Crippen molar-refractivity contribution < 1.29 is 4.74 Å². The van der Waals surface area contributed by atoms with Crippen LogP contribution in [0.25, 0.3) is 0 Å². The van der Waals surface area contributed by atoms with Gasteiger partial charge in [-0.1, -0.05) is 13.3 Å². The van der Waals surface area contributed by atoms with Crippen LogP contribution >= 0.6 is 11.3 Å². The molecule has 0 aliphatic carbocycles. The van der Waals surface area contributed by atoms with E-state index in [4.69, 9.17) is 10.5 Å². The maximum atomic E-state index is 6.02. The molecule has 0 spiro atoms. The Bertz CT molecular complexity index is 288. The van der Waals surface area contributed by atoms with E-state index in [1.54, 1.807) is 11.3 Å². The minimum Gasteiger partial charge on any atom is -0.381 e. The Morgan fingerprint density at radius 2 is 2.31 bits per heavy atom. The monoisotopic (exact) mass is 242 g/mol. The second kappa shape index (κ2) is 7.76. The molecule has 1 unspecified atom stereocenters. The third-order valence-electron chi connectivity index (χ3n) is 2.38. The second-order valence-corrected chi connectivity index (χ2v) is 5.04. The third-order valence-corrected chi connectivity index (χ3v) is 3.37. The highest BCUT2D eigenvalue weighted by Crippen LogP contribution is 2.11. The molecule has 1 aromatic heterocycles. The fourth-order valence-corrected chi connectivity index (χ4v) is 2.27. The highest BCUT2D eigenvalue weighted by atomic mass is 32.1. The molecule has 0 aliphatic rings. The van der Waals surface area contributed by atoms with Gasteiger partial charge in [0.1, 0.15) is 0 Å². The molecular formula is C12H22N2OS. The van der Waals surface area contributed by atoms with Gasteiger partial charge in [-0.2, -0.15) is 0 Å². The summed E-state index contributed by atoms with van der Waals surface area (Å²) in [4.78, 5) is 4.41. The van der Waals surface area contributed by atoms with E-state index in [0.29, 0.717) is 0 Å². The number of hydrogen-bond donors (Lipinski definition) is 1. The van der Waals surface area contributed by atoms with Crippen LogP contribution in [-0.2, 0) is 11.2 Å². The number of ether oxygens (including phenoxy) is 1. The van der Waals surface area contributed by atoms with Gasteiger partial charge in [-0.3, -0.25) is 0 Å². The zero-order valence-corrected chi connectivity index (χ0v) is 11.1. The summed E-state index contributed by atoms with van der Waals surface area (Å²) >= 11 is 1.69. The molecule has 0 aromatic carbocycles. The van der Waals surface area contributed by atoms with Gasteiger partial charge in [0.2, 0.25) is 0 Å². The molecule has 2 N–H and O–H groups in total. The Morgan fingerprint density at radius 1 is 1.50 bits per heavy atom. The van der Waals surface area contributed by atoms with Crippen molar-refractivity contribution >= 4 is 11.3 Å². The number of rotatable bonds is 8. The Hall–Kier alpha value is -0.450. The number of nitrogens with zero attached hydrogens (tertiary/aromatic N) is 1. The molecule has 1 heterocycles. The van der Waals surface area contributed by atoms with Gasteiger partial charge in [0.15, 0.2) is 0 Å². The lowest BCUT2D eigenvalue weighted by Crippen LogP contribution is -2.24. The second-order valence-electron chi connectivity index (χ2n) is 4.10. The maximum Gasteiger partial charge on any atom is 0.0943 e. The van der Waals surface area contributed by atoms with Gasteiger partial charge in [-0.25, -0.2) is 4.98 Å². The largest absolute Gasteiger partial charge is 0.381 e. The van der Waals surface area contributed by atoms with E-state index in [0.717, 1.165) is 43.2 Å². The maximum absolute atomic E-state index is 6.02. The van der Waals surface area contributed by atoms with Crippen molar-refractivity contribution in [1.82, 2.24) is 4.98 Å². The Labute approximate surface area is 102 Å². The lowest BCUT2D eigenvalue weighted by Gasteiger charge is -2.09. The SMILES string of the molecule is CCCCOCCC(N)Cc1nc(C)cs1. The molecule has 0 saturated heterocycles. The van der Waals surface area contributed by atoms with Gasteiger partial charge in [-0.05, 0) is 19.8 Å². The lowest BCUT2D eigenvalue weighted by molar-refractivity contribution is 0.124. The third kappa shape index (κ3) is 5.58. The fourth-order valence-electron chi connectivity index (χ4n) is 1.41. The molecule has 0 radical (unpaired) electrons. The van der Waals surface area contributed by atoms with E-state index < -0.39 is 0 Å². The average Bonchev–Trinajstić information content (AvgIpc) is 2.63. The molecule has 1 rings (SSSR count). The summed E-state index contributed by atoms with van der Waals surface area (Å²) < 4.78 is 5.49. The summed E-state index contributed by atoms with van der Waals surface area (Å²) in [6.45, 7) is 5.81. The first-order chi connectivity index (χ1) is 7.72. The Morgan fingerprint density at radius 3 is 2.94 bits per heavy atom. The zero-order chi connectivity index (χ0) is 11.8. The molecule has 4 heteroatoms. The lowest BCUT2D eigenvalue weighted by atomic mass is 10.2. The van der Waals surface area contributed by atoms with Gasteiger partial charge < -0.3 is 10.5 Å². The summed E-state index contributed by atoms with van der Waals surface area (Å²) in [5.74, 6) is 0. The summed E-state index contributed by atoms with van der Waals surface area (Å²) in [5, 5.41) is 3.21. The number of aryl methyl sites for hydroxylation is 1. The van der Waals surface area contributed by atoms with Crippen LogP contribution < -0.4 is 5.73 Å². The smallest absolute Gasteiger partial charge is 0.0943 e. The van der Waals surface area contributed by atoms with E-state index in [2.05, 4.69) is 17.3 Å². The molecular weight excluding hydrogens is 220 g/mol. The first kappa shape index (κ1) is 13.6. The van der Waals surface area contributed by atoms with Gasteiger partial charge in [-0.15, -0.1) is 11.3 Å². The van der Waals surface area contributed by atoms with E-state index in [-0.39, 0.29) is 6.04 Å². The number of thiazole rings is 1. The first-order valence-electron chi connectivity index (χ1n) is 5.96. The van der Waals surface area contributed by atoms with E-state index >= 15 is 0 Å². The molecule has 1 atom stereocenters. The van der Waals surface area contributed by atoms with Crippen LogP contribution in [0.3, 0.4) is 0 Å². The van der Waals surface area contributed by atoms with Gasteiger partial charge in [0.05, 0.1) is 5.01 Å². The molecule has 0 amide bonds. The van der Waals surface area contributed by atoms with Crippen molar-refractivity contribution in [2.24, 2.45) is 5.73 Å². The van der Waals surface area contributed by atoms with E-state index in [1.807, 2.05) is 6.92 Å². The predicted molar refractivity (Wildman–Crippen MR) is 68.9 cm³/mol. The Kier molecular flexibility index (Phi) is 6.61. The molecule has 0 fully saturated rings. The van der Waals surface area contributed by atoms with Crippen LogP contribution in [0.4, 0.5) is 0 Å². The van der Waals surface area contributed by atoms with Crippen molar-refractivity contribution in [3.8, 4) is 0 Å². The summed E-state index contributed by atoms with van der Waals surface area (Å²) in [6, 6.07) is 0.173. The van der Waals surface area contributed by atoms with Crippen LogP contribution in [0.1, 0.15) is 36.9 Å². The van der Waals surface area contributed by atoms with E-state index in [1.165, 1.54) is 6.42 Å². The number of nitrogens with two attached hydrogens (primary N) is 1. The molecule has 92 valence electrons. The van der Waals surface area contributed by atoms with Crippen molar-refractivity contribution in [3.05, 3.63) is 16.1 Å². The number of hydrogen-bond acceptors (Lipinski definition) is 4. The molecule has 0 bridgehead atoms. The number of unbranched alkanes of at least 4 members (excludes halogenated alkanes) is 1. The molecule has 1 aromatic rings. The van der Waals surface area contributed by atoms with Gasteiger partial charge in [0.25, 0.3) is 0 Å². The van der Waals surface area contributed by atoms with Crippen LogP contribution in [-0.4, -0.2) is 24.2 Å². The average molecular weight is 242 g/mol. The molecule has 3 nitrogen and oxygen atoms in total. The van der Waals surface area contributed by atoms with Crippen molar-refractivity contribution in [2.45, 2.75) is 45.6 Å².